The fourth-order valence-electron chi connectivity index (χ4n) is 1.66. The quantitative estimate of drug-likeness (QED) is 0.788. The van der Waals surface area contributed by atoms with Crippen LogP contribution in [0.25, 0.3) is 0 Å². The summed E-state index contributed by atoms with van der Waals surface area (Å²) in [5.74, 6) is 0.112. The predicted molar refractivity (Wildman–Crippen MR) is 66.2 cm³/mol. The lowest BCUT2D eigenvalue weighted by atomic mass is 10.2. The van der Waals surface area contributed by atoms with Gasteiger partial charge in [0.05, 0.1) is 7.11 Å². The van der Waals surface area contributed by atoms with Crippen LogP contribution in [-0.2, 0) is 11.3 Å². The Morgan fingerprint density at radius 1 is 1.47 bits per heavy atom. The number of carboxylic acid groups (broad SMARTS) is 1. The van der Waals surface area contributed by atoms with Gasteiger partial charge in [0.25, 0.3) is 0 Å². The van der Waals surface area contributed by atoms with Crippen molar-refractivity contribution in [2.75, 3.05) is 20.7 Å². The molecule has 94 valence electrons. The Morgan fingerprint density at radius 3 is 2.88 bits per heavy atom. The zero-order valence-corrected chi connectivity index (χ0v) is 10.3. The first-order valence-electron chi connectivity index (χ1n) is 5.65. The number of hydrogen-bond donors (Lipinski definition) is 1. The first-order valence-corrected chi connectivity index (χ1v) is 5.65. The van der Waals surface area contributed by atoms with E-state index in [1.54, 1.807) is 7.11 Å². The summed E-state index contributed by atoms with van der Waals surface area (Å²) >= 11 is 0. The van der Waals surface area contributed by atoms with Crippen LogP contribution >= 0.6 is 0 Å². The van der Waals surface area contributed by atoms with Gasteiger partial charge in [0.1, 0.15) is 5.75 Å². The molecule has 1 N–H and O–H groups in total. The molecule has 0 saturated carbocycles. The molecule has 0 atom stereocenters. The Hall–Kier alpha value is -1.55. The topological polar surface area (TPSA) is 49.8 Å². The fraction of sp³-hybridized carbons (Fsp3) is 0.462. The van der Waals surface area contributed by atoms with Crippen molar-refractivity contribution >= 4 is 5.97 Å². The van der Waals surface area contributed by atoms with Crippen molar-refractivity contribution in [3.05, 3.63) is 29.8 Å². The van der Waals surface area contributed by atoms with Crippen LogP contribution in [0.5, 0.6) is 5.75 Å². The maximum absolute atomic E-state index is 10.4. The summed E-state index contributed by atoms with van der Waals surface area (Å²) in [6, 6.07) is 7.90. The lowest BCUT2D eigenvalue weighted by Gasteiger charge is -2.16. The van der Waals surface area contributed by atoms with E-state index in [2.05, 4.69) is 4.90 Å². The van der Waals surface area contributed by atoms with Crippen LogP contribution < -0.4 is 4.74 Å². The van der Waals surface area contributed by atoms with Crippen molar-refractivity contribution in [2.24, 2.45) is 0 Å². The average Bonchev–Trinajstić information content (AvgIpc) is 2.28. The number of benzene rings is 1. The Kier molecular flexibility index (Phi) is 5.49. The molecule has 1 aromatic carbocycles. The molecule has 0 fully saturated rings. The highest BCUT2D eigenvalue weighted by Crippen LogP contribution is 2.13. The van der Waals surface area contributed by atoms with E-state index >= 15 is 0 Å². The van der Waals surface area contributed by atoms with E-state index in [9.17, 15) is 4.79 Å². The van der Waals surface area contributed by atoms with Gasteiger partial charge in [0.2, 0.25) is 0 Å². The normalized spacial score (nSPS) is 10.5. The number of methoxy groups -OCH3 is 1. The third-order valence-electron chi connectivity index (χ3n) is 2.52. The molecule has 0 bridgehead atoms. The molecule has 4 heteroatoms. The van der Waals surface area contributed by atoms with E-state index < -0.39 is 5.97 Å². The second-order valence-electron chi connectivity index (χ2n) is 4.09. The number of aliphatic carboxylic acids is 1. The van der Waals surface area contributed by atoms with Crippen molar-refractivity contribution in [1.82, 2.24) is 4.90 Å². The van der Waals surface area contributed by atoms with E-state index in [1.807, 2.05) is 31.3 Å². The summed E-state index contributed by atoms with van der Waals surface area (Å²) in [6.07, 6.45) is 0.901. The number of rotatable bonds is 7. The molecule has 0 aliphatic rings. The largest absolute Gasteiger partial charge is 0.497 e. The Bertz CT molecular complexity index is 365. The van der Waals surface area contributed by atoms with Crippen LogP contribution in [0.15, 0.2) is 24.3 Å². The highest BCUT2D eigenvalue weighted by atomic mass is 16.5. The lowest BCUT2D eigenvalue weighted by molar-refractivity contribution is -0.137. The number of hydrogen-bond acceptors (Lipinski definition) is 3. The molecule has 17 heavy (non-hydrogen) atoms. The van der Waals surface area contributed by atoms with Crippen molar-refractivity contribution in [2.45, 2.75) is 19.4 Å². The van der Waals surface area contributed by atoms with Gasteiger partial charge in [-0.25, -0.2) is 0 Å². The molecule has 0 aliphatic carbocycles. The fourth-order valence-corrected chi connectivity index (χ4v) is 1.66. The second kappa shape index (κ2) is 6.91. The van der Waals surface area contributed by atoms with E-state index in [-0.39, 0.29) is 6.42 Å². The summed E-state index contributed by atoms with van der Waals surface area (Å²) < 4.78 is 5.15. The summed E-state index contributed by atoms with van der Waals surface area (Å²) in [5.41, 5.74) is 1.17. The number of carbonyl (C=O) groups is 1. The minimum Gasteiger partial charge on any atom is -0.497 e. The monoisotopic (exact) mass is 237 g/mol. The van der Waals surface area contributed by atoms with Crippen molar-refractivity contribution in [3.8, 4) is 5.75 Å². The number of nitrogens with zero attached hydrogens (tertiary/aromatic N) is 1. The average molecular weight is 237 g/mol. The van der Waals surface area contributed by atoms with Gasteiger partial charge in [0, 0.05) is 13.0 Å². The smallest absolute Gasteiger partial charge is 0.303 e. The third-order valence-corrected chi connectivity index (χ3v) is 2.52. The Labute approximate surface area is 102 Å². The zero-order chi connectivity index (χ0) is 12.7. The number of carboxylic acids is 1. The maximum Gasteiger partial charge on any atom is 0.303 e. The van der Waals surface area contributed by atoms with Crippen LogP contribution in [0.3, 0.4) is 0 Å². The molecule has 0 spiro atoms. The minimum absolute atomic E-state index is 0.225. The van der Waals surface area contributed by atoms with Gasteiger partial charge in [-0.1, -0.05) is 12.1 Å². The number of ether oxygens (including phenoxy) is 1. The molecule has 0 radical (unpaired) electrons. The highest BCUT2D eigenvalue weighted by Gasteiger charge is 2.03. The molecule has 0 aromatic heterocycles. The van der Waals surface area contributed by atoms with Crippen molar-refractivity contribution in [3.63, 3.8) is 0 Å². The first-order chi connectivity index (χ1) is 8.11. The first kappa shape index (κ1) is 13.5. The summed E-state index contributed by atoms with van der Waals surface area (Å²) in [5, 5.41) is 8.55. The van der Waals surface area contributed by atoms with E-state index in [0.29, 0.717) is 6.42 Å². The Morgan fingerprint density at radius 2 is 2.24 bits per heavy atom. The van der Waals surface area contributed by atoms with E-state index in [4.69, 9.17) is 9.84 Å². The van der Waals surface area contributed by atoms with Gasteiger partial charge < -0.3 is 14.7 Å². The zero-order valence-electron chi connectivity index (χ0n) is 10.3. The molecule has 0 unspecified atom stereocenters. The predicted octanol–water partition coefficient (Wildman–Crippen LogP) is 1.99. The van der Waals surface area contributed by atoms with Crippen LogP contribution in [0, 0.1) is 0 Å². The van der Waals surface area contributed by atoms with Gasteiger partial charge in [-0.2, -0.15) is 0 Å². The molecule has 0 saturated heterocycles. The molecular weight excluding hydrogens is 218 g/mol. The summed E-state index contributed by atoms with van der Waals surface area (Å²) in [7, 11) is 3.64. The molecular formula is C13H19NO3. The van der Waals surface area contributed by atoms with Gasteiger partial charge in [-0.05, 0) is 37.7 Å². The minimum atomic E-state index is -0.736. The van der Waals surface area contributed by atoms with Crippen LogP contribution in [0.1, 0.15) is 18.4 Å². The van der Waals surface area contributed by atoms with Gasteiger partial charge >= 0.3 is 5.97 Å². The standard InChI is InChI=1S/C13H19NO3/c1-14(8-4-7-13(15)16)10-11-5-3-6-12(9-11)17-2/h3,5-6,9H,4,7-8,10H2,1-2H3,(H,15,16). The third kappa shape index (κ3) is 5.36. The molecule has 4 nitrogen and oxygen atoms in total. The molecule has 1 aromatic rings. The molecule has 1 rings (SSSR count). The Balaban J connectivity index is 2.38. The van der Waals surface area contributed by atoms with Crippen LogP contribution in [-0.4, -0.2) is 36.7 Å². The van der Waals surface area contributed by atoms with E-state index in [1.165, 1.54) is 5.56 Å². The van der Waals surface area contributed by atoms with Crippen LogP contribution in [0.4, 0.5) is 0 Å². The van der Waals surface area contributed by atoms with Gasteiger partial charge in [0.15, 0.2) is 0 Å². The van der Waals surface area contributed by atoms with Crippen molar-refractivity contribution in [1.29, 1.82) is 0 Å². The molecule has 0 amide bonds. The van der Waals surface area contributed by atoms with Gasteiger partial charge in [-0.3, -0.25) is 4.79 Å². The lowest BCUT2D eigenvalue weighted by Crippen LogP contribution is -2.19. The summed E-state index contributed by atoms with van der Waals surface area (Å²) in [6.45, 7) is 1.58. The molecule has 0 heterocycles. The van der Waals surface area contributed by atoms with E-state index in [0.717, 1.165) is 18.8 Å². The second-order valence-corrected chi connectivity index (χ2v) is 4.09. The van der Waals surface area contributed by atoms with Crippen LogP contribution in [0.2, 0.25) is 0 Å². The van der Waals surface area contributed by atoms with Crippen molar-refractivity contribution < 1.29 is 14.6 Å². The SMILES string of the molecule is COc1cccc(CN(C)CCCC(=O)O)c1. The maximum atomic E-state index is 10.4. The summed E-state index contributed by atoms with van der Waals surface area (Å²) in [4.78, 5) is 12.5. The highest BCUT2D eigenvalue weighted by molar-refractivity contribution is 5.66. The molecule has 0 aliphatic heterocycles. The van der Waals surface area contributed by atoms with Gasteiger partial charge in [-0.15, -0.1) is 0 Å².